The lowest BCUT2D eigenvalue weighted by Crippen LogP contribution is -2.39. The van der Waals surface area contributed by atoms with Crippen LogP contribution in [0.15, 0.2) is 36.0 Å². The minimum Gasteiger partial charge on any atom is -0.455 e. The van der Waals surface area contributed by atoms with Crippen LogP contribution in [-0.4, -0.2) is 33.3 Å². The molecule has 0 aliphatic carbocycles. The summed E-state index contributed by atoms with van der Waals surface area (Å²) in [7, 11) is -0.292. The van der Waals surface area contributed by atoms with Crippen LogP contribution in [0, 0.1) is 0 Å². The van der Waals surface area contributed by atoms with E-state index in [1.165, 1.54) is 4.90 Å². The van der Waals surface area contributed by atoms with E-state index in [1.54, 1.807) is 13.3 Å². The molecule has 1 amide bonds. The molecule has 0 bridgehead atoms. The first-order chi connectivity index (χ1) is 12.2. The molecular formula is C21H34N2O3Si. The van der Waals surface area contributed by atoms with Gasteiger partial charge in [0.1, 0.15) is 5.60 Å². The molecule has 0 radical (unpaired) electrons. The molecule has 6 heteroatoms. The zero-order chi connectivity index (χ0) is 21.0. The SMILES string of the molecule is C=C(/C=N/O[Si](C)(C)C(C)(C)C)c1ccccc1N(C)C(=O)OC(C)(C)C. The molecule has 27 heavy (non-hydrogen) atoms. The lowest BCUT2D eigenvalue weighted by Gasteiger charge is -2.33. The van der Waals surface area contributed by atoms with Gasteiger partial charge >= 0.3 is 6.09 Å². The smallest absolute Gasteiger partial charge is 0.414 e. The summed E-state index contributed by atoms with van der Waals surface area (Å²) in [5.41, 5.74) is 1.61. The van der Waals surface area contributed by atoms with Gasteiger partial charge < -0.3 is 9.26 Å². The fraction of sp³-hybridized carbons (Fsp3) is 0.524. The minimum atomic E-state index is -1.98. The van der Waals surface area contributed by atoms with Crippen molar-refractivity contribution in [2.75, 3.05) is 11.9 Å². The number of benzene rings is 1. The van der Waals surface area contributed by atoms with Crippen LogP contribution in [-0.2, 0) is 9.26 Å². The van der Waals surface area contributed by atoms with Gasteiger partial charge in [-0.1, -0.05) is 45.5 Å². The Kier molecular flexibility index (Phi) is 7.05. The average Bonchev–Trinajstić information content (AvgIpc) is 2.51. The van der Waals surface area contributed by atoms with Crippen molar-refractivity contribution in [2.45, 2.75) is 65.3 Å². The van der Waals surface area contributed by atoms with E-state index in [9.17, 15) is 4.79 Å². The number of oxime groups is 1. The molecule has 1 aromatic carbocycles. The molecular weight excluding hydrogens is 356 g/mol. The van der Waals surface area contributed by atoms with Gasteiger partial charge in [-0.25, -0.2) is 4.79 Å². The predicted octanol–water partition coefficient (Wildman–Crippen LogP) is 6.08. The number of amides is 1. The van der Waals surface area contributed by atoms with Crippen LogP contribution in [0.25, 0.3) is 5.57 Å². The highest BCUT2D eigenvalue weighted by Crippen LogP contribution is 2.36. The van der Waals surface area contributed by atoms with Crippen LogP contribution in [0.4, 0.5) is 10.5 Å². The highest BCUT2D eigenvalue weighted by molar-refractivity contribution is 6.74. The molecule has 0 saturated heterocycles. The monoisotopic (exact) mass is 390 g/mol. The number of carbonyl (C=O) groups is 1. The van der Waals surface area contributed by atoms with Crippen LogP contribution in [0.2, 0.25) is 18.1 Å². The number of nitrogens with zero attached hydrogens (tertiary/aromatic N) is 2. The lowest BCUT2D eigenvalue weighted by molar-refractivity contribution is 0.0589. The van der Waals surface area contributed by atoms with Crippen LogP contribution < -0.4 is 4.90 Å². The molecule has 0 saturated carbocycles. The number of anilines is 1. The van der Waals surface area contributed by atoms with Gasteiger partial charge in [0.2, 0.25) is 0 Å². The summed E-state index contributed by atoms with van der Waals surface area (Å²) >= 11 is 0. The van der Waals surface area contributed by atoms with E-state index >= 15 is 0 Å². The molecule has 0 N–H and O–H groups in total. The number of rotatable bonds is 5. The van der Waals surface area contributed by atoms with E-state index in [2.05, 4.69) is 45.6 Å². The molecule has 0 aliphatic rings. The fourth-order valence-corrected chi connectivity index (χ4v) is 2.48. The minimum absolute atomic E-state index is 0.0700. The molecule has 150 valence electrons. The molecule has 0 spiro atoms. The Bertz CT molecular complexity index is 713. The summed E-state index contributed by atoms with van der Waals surface area (Å²) in [6.07, 6.45) is 1.19. The summed E-state index contributed by atoms with van der Waals surface area (Å²) in [4.78, 5) is 13.9. The Balaban J connectivity index is 3.00. The second-order valence-corrected chi connectivity index (χ2v) is 13.9. The summed E-state index contributed by atoms with van der Waals surface area (Å²) in [6.45, 7) is 20.4. The van der Waals surface area contributed by atoms with E-state index in [-0.39, 0.29) is 5.04 Å². The van der Waals surface area contributed by atoms with Crippen LogP contribution in [0.1, 0.15) is 47.1 Å². The largest absolute Gasteiger partial charge is 0.455 e. The maximum atomic E-state index is 12.4. The first kappa shape index (κ1) is 23.0. The zero-order valence-electron chi connectivity index (χ0n) is 18.2. The lowest BCUT2D eigenvalue weighted by atomic mass is 10.1. The fourth-order valence-electron chi connectivity index (χ4n) is 1.89. The Morgan fingerprint density at radius 3 is 2.22 bits per heavy atom. The summed E-state index contributed by atoms with van der Waals surface area (Å²) in [5.74, 6) is 0. The van der Waals surface area contributed by atoms with Gasteiger partial charge in [-0.3, -0.25) is 4.90 Å². The zero-order valence-corrected chi connectivity index (χ0v) is 19.2. The Labute approximate surface area is 165 Å². The summed E-state index contributed by atoms with van der Waals surface area (Å²) in [6, 6.07) is 7.52. The van der Waals surface area contributed by atoms with Crippen LogP contribution >= 0.6 is 0 Å². The maximum Gasteiger partial charge on any atom is 0.414 e. The van der Waals surface area contributed by atoms with E-state index in [4.69, 9.17) is 9.26 Å². The molecule has 0 heterocycles. The predicted molar refractivity (Wildman–Crippen MR) is 117 cm³/mol. The highest BCUT2D eigenvalue weighted by Gasteiger charge is 2.39. The van der Waals surface area contributed by atoms with Gasteiger partial charge in [0.25, 0.3) is 8.32 Å². The first-order valence-electron chi connectivity index (χ1n) is 9.12. The highest BCUT2D eigenvalue weighted by atomic mass is 28.4. The summed E-state index contributed by atoms with van der Waals surface area (Å²) < 4.78 is 11.3. The molecule has 1 rings (SSSR count). The molecule has 5 nitrogen and oxygen atoms in total. The third-order valence-corrected chi connectivity index (χ3v) is 8.75. The van der Waals surface area contributed by atoms with E-state index in [1.807, 2.05) is 45.0 Å². The van der Waals surface area contributed by atoms with Crippen molar-refractivity contribution < 1.29 is 14.1 Å². The number of hydrogen-bond acceptors (Lipinski definition) is 4. The van der Waals surface area contributed by atoms with Gasteiger partial charge in [-0.05, 0) is 50.5 Å². The van der Waals surface area contributed by atoms with Crippen molar-refractivity contribution in [1.29, 1.82) is 0 Å². The van der Waals surface area contributed by atoms with Crippen molar-refractivity contribution in [3.05, 3.63) is 36.4 Å². The van der Waals surface area contributed by atoms with Crippen molar-refractivity contribution in [3.8, 4) is 0 Å². The Hall–Kier alpha value is -2.08. The van der Waals surface area contributed by atoms with Crippen LogP contribution in [0.3, 0.4) is 0 Å². The van der Waals surface area contributed by atoms with Crippen molar-refractivity contribution >= 4 is 31.9 Å². The average molecular weight is 391 g/mol. The second kappa shape index (κ2) is 8.29. The van der Waals surface area contributed by atoms with E-state index < -0.39 is 20.0 Å². The Morgan fingerprint density at radius 2 is 1.70 bits per heavy atom. The molecule has 0 aromatic heterocycles. The normalized spacial score (nSPS) is 12.8. The Morgan fingerprint density at radius 1 is 1.15 bits per heavy atom. The molecule has 0 aliphatic heterocycles. The third kappa shape index (κ3) is 6.54. The van der Waals surface area contributed by atoms with Crippen LogP contribution in [0.5, 0.6) is 0 Å². The third-order valence-electron chi connectivity index (χ3n) is 4.57. The van der Waals surface area contributed by atoms with Crippen molar-refractivity contribution in [1.82, 2.24) is 0 Å². The second-order valence-electron chi connectivity index (χ2n) is 9.17. The number of allylic oxidation sites excluding steroid dienone is 1. The first-order valence-corrected chi connectivity index (χ1v) is 12.0. The topological polar surface area (TPSA) is 51.1 Å². The van der Waals surface area contributed by atoms with Gasteiger partial charge in [-0.15, -0.1) is 5.16 Å². The summed E-state index contributed by atoms with van der Waals surface area (Å²) in [5, 5.41) is 4.26. The molecule has 0 fully saturated rings. The molecule has 0 atom stereocenters. The van der Waals surface area contributed by atoms with Gasteiger partial charge in [0.15, 0.2) is 0 Å². The van der Waals surface area contributed by atoms with Crippen molar-refractivity contribution in [3.63, 3.8) is 0 Å². The number of carbonyl (C=O) groups excluding carboxylic acids is 1. The standard InChI is InChI=1S/C21H34N2O3Si/c1-16(15-22-26-27(9,10)21(5,6)7)17-13-11-12-14-18(17)23(8)19(24)25-20(2,3)4/h11-15H,1H2,2-10H3/b22-15+. The van der Waals surface area contributed by atoms with E-state index in [0.29, 0.717) is 11.3 Å². The number of hydrogen-bond donors (Lipinski definition) is 0. The van der Waals surface area contributed by atoms with Gasteiger partial charge in [0, 0.05) is 12.6 Å². The molecule has 1 aromatic rings. The van der Waals surface area contributed by atoms with E-state index in [0.717, 1.165) is 5.56 Å². The molecule has 0 unspecified atom stereocenters. The van der Waals surface area contributed by atoms with Gasteiger partial charge in [0.05, 0.1) is 11.9 Å². The van der Waals surface area contributed by atoms with Crippen molar-refractivity contribution in [2.24, 2.45) is 5.16 Å². The van der Waals surface area contributed by atoms with Gasteiger partial charge in [-0.2, -0.15) is 0 Å². The quantitative estimate of drug-likeness (QED) is 0.348. The number of ether oxygens (including phenoxy) is 1. The number of para-hydroxylation sites is 1. The maximum absolute atomic E-state index is 12.4.